The van der Waals surface area contributed by atoms with Gasteiger partial charge in [-0.2, -0.15) is 0 Å². The van der Waals surface area contributed by atoms with Crippen molar-refractivity contribution >= 4 is 34.1 Å². The molecule has 0 aliphatic heterocycles. The van der Waals surface area contributed by atoms with Gasteiger partial charge in [-0.3, -0.25) is 9.36 Å². The summed E-state index contributed by atoms with van der Waals surface area (Å²) in [5, 5.41) is 1.66. The summed E-state index contributed by atoms with van der Waals surface area (Å²) in [4.78, 5) is 17.0. The standard InChI is InChI=1S/C15H10Cl2N2O/c1-9-18-14-8-11(17)5-6-13(14)15(20)19(9)12-4-2-3-10(16)7-12/h2-8H,1H3. The van der Waals surface area contributed by atoms with Gasteiger partial charge in [0.1, 0.15) is 5.82 Å². The normalized spacial score (nSPS) is 10.9. The molecule has 0 aliphatic carbocycles. The summed E-state index contributed by atoms with van der Waals surface area (Å²) in [6.07, 6.45) is 0. The summed E-state index contributed by atoms with van der Waals surface area (Å²) in [7, 11) is 0. The Morgan fingerprint density at radius 1 is 1.05 bits per heavy atom. The molecule has 1 aromatic heterocycles. The lowest BCUT2D eigenvalue weighted by Gasteiger charge is -2.11. The van der Waals surface area contributed by atoms with Gasteiger partial charge in [-0.05, 0) is 43.3 Å². The molecule has 0 fully saturated rings. The lowest BCUT2D eigenvalue weighted by molar-refractivity contribution is 0.895. The first-order valence-electron chi connectivity index (χ1n) is 6.01. The van der Waals surface area contributed by atoms with Crippen molar-refractivity contribution in [2.45, 2.75) is 6.92 Å². The molecular formula is C15H10Cl2N2O. The van der Waals surface area contributed by atoms with Crippen LogP contribution in [0.25, 0.3) is 16.6 Å². The van der Waals surface area contributed by atoms with E-state index in [0.717, 1.165) is 0 Å². The summed E-state index contributed by atoms with van der Waals surface area (Å²) >= 11 is 11.9. The molecular weight excluding hydrogens is 295 g/mol. The Hall–Kier alpha value is -1.84. The summed E-state index contributed by atoms with van der Waals surface area (Å²) in [6.45, 7) is 1.78. The quantitative estimate of drug-likeness (QED) is 0.681. The van der Waals surface area contributed by atoms with E-state index in [2.05, 4.69) is 4.98 Å². The van der Waals surface area contributed by atoms with E-state index in [1.54, 1.807) is 47.9 Å². The van der Waals surface area contributed by atoms with E-state index in [1.165, 1.54) is 0 Å². The van der Waals surface area contributed by atoms with E-state index in [1.807, 2.05) is 6.07 Å². The van der Waals surface area contributed by atoms with Crippen molar-refractivity contribution < 1.29 is 0 Å². The summed E-state index contributed by atoms with van der Waals surface area (Å²) in [5.41, 5.74) is 1.16. The molecule has 3 rings (SSSR count). The van der Waals surface area contributed by atoms with Crippen LogP contribution in [-0.4, -0.2) is 9.55 Å². The van der Waals surface area contributed by atoms with Crippen molar-refractivity contribution in [3.05, 3.63) is 68.7 Å². The predicted molar refractivity (Wildman–Crippen MR) is 82.1 cm³/mol. The van der Waals surface area contributed by atoms with Gasteiger partial charge in [-0.25, -0.2) is 4.98 Å². The third-order valence-electron chi connectivity index (χ3n) is 3.07. The molecule has 100 valence electrons. The number of aryl methyl sites for hydroxylation is 1. The van der Waals surface area contributed by atoms with E-state index in [9.17, 15) is 4.79 Å². The number of hydrogen-bond donors (Lipinski definition) is 0. The first-order valence-corrected chi connectivity index (χ1v) is 6.77. The highest BCUT2D eigenvalue weighted by molar-refractivity contribution is 6.31. The zero-order valence-electron chi connectivity index (χ0n) is 10.6. The fourth-order valence-electron chi connectivity index (χ4n) is 2.19. The molecule has 20 heavy (non-hydrogen) atoms. The van der Waals surface area contributed by atoms with Crippen LogP contribution in [0.1, 0.15) is 5.82 Å². The fraction of sp³-hybridized carbons (Fsp3) is 0.0667. The molecule has 0 spiro atoms. The molecule has 0 bridgehead atoms. The number of rotatable bonds is 1. The van der Waals surface area contributed by atoms with Crippen molar-refractivity contribution in [2.24, 2.45) is 0 Å². The van der Waals surface area contributed by atoms with Crippen LogP contribution in [-0.2, 0) is 0 Å². The first kappa shape index (κ1) is 13.2. The third-order valence-corrected chi connectivity index (χ3v) is 3.54. The van der Waals surface area contributed by atoms with Gasteiger partial charge >= 0.3 is 0 Å². The second-order valence-corrected chi connectivity index (χ2v) is 5.31. The number of benzene rings is 2. The van der Waals surface area contributed by atoms with Crippen LogP contribution in [0.3, 0.4) is 0 Å². The van der Waals surface area contributed by atoms with Gasteiger partial charge in [-0.1, -0.05) is 29.3 Å². The van der Waals surface area contributed by atoms with E-state index in [4.69, 9.17) is 23.2 Å². The summed E-state index contributed by atoms with van der Waals surface area (Å²) in [6, 6.07) is 12.2. The molecule has 0 N–H and O–H groups in total. The first-order chi connectivity index (χ1) is 9.56. The summed E-state index contributed by atoms with van der Waals surface area (Å²) in [5.74, 6) is 0.590. The third kappa shape index (κ3) is 2.19. The largest absolute Gasteiger partial charge is 0.268 e. The Kier molecular flexibility index (Phi) is 3.24. The average molecular weight is 305 g/mol. The van der Waals surface area contributed by atoms with Crippen molar-refractivity contribution in [1.82, 2.24) is 9.55 Å². The second kappa shape index (κ2) is 4.93. The Morgan fingerprint density at radius 2 is 1.80 bits per heavy atom. The number of hydrogen-bond acceptors (Lipinski definition) is 2. The van der Waals surface area contributed by atoms with Crippen molar-refractivity contribution in [2.75, 3.05) is 0 Å². The Labute approximate surface area is 125 Å². The molecule has 0 aliphatic rings. The monoisotopic (exact) mass is 304 g/mol. The second-order valence-electron chi connectivity index (χ2n) is 4.44. The molecule has 5 heteroatoms. The van der Waals surface area contributed by atoms with Gasteiger partial charge in [0.2, 0.25) is 0 Å². The maximum atomic E-state index is 12.6. The minimum Gasteiger partial charge on any atom is -0.268 e. The summed E-state index contributed by atoms with van der Waals surface area (Å²) < 4.78 is 1.54. The van der Waals surface area contributed by atoms with Gasteiger partial charge in [0.15, 0.2) is 0 Å². The molecule has 0 unspecified atom stereocenters. The predicted octanol–water partition coefficient (Wildman–Crippen LogP) is 4.00. The maximum Gasteiger partial charge on any atom is 0.265 e. The molecule has 0 amide bonds. The molecule has 0 saturated heterocycles. The minimum absolute atomic E-state index is 0.133. The zero-order chi connectivity index (χ0) is 14.3. The lowest BCUT2D eigenvalue weighted by atomic mass is 10.2. The zero-order valence-corrected chi connectivity index (χ0v) is 12.1. The molecule has 0 saturated carbocycles. The highest BCUT2D eigenvalue weighted by Gasteiger charge is 2.10. The Morgan fingerprint density at radius 3 is 2.55 bits per heavy atom. The fourth-order valence-corrected chi connectivity index (χ4v) is 2.54. The molecule has 3 nitrogen and oxygen atoms in total. The van der Waals surface area contributed by atoms with Crippen molar-refractivity contribution in [1.29, 1.82) is 0 Å². The Balaban J connectivity index is 2.37. The minimum atomic E-state index is -0.133. The van der Waals surface area contributed by atoms with Crippen LogP contribution in [0.2, 0.25) is 10.0 Å². The van der Waals surface area contributed by atoms with Crippen LogP contribution in [0.4, 0.5) is 0 Å². The van der Waals surface area contributed by atoms with Gasteiger partial charge in [0, 0.05) is 10.0 Å². The topological polar surface area (TPSA) is 34.9 Å². The van der Waals surface area contributed by atoms with E-state index >= 15 is 0 Å². The van der Waals surface area contributed by atoms with Crippen molar-refractivity contribution in [3.8, 4) is 5.69 Å². The lowest BCUT2D eigenvalue weighted by Crippen LogP contribution is -2.22. The van der Waals surface area contributed by atoms with Gasteiger partial charge in [0.25, 0.3) is 5.56 Å². The van der Waals surface area contributed by atoms with Crippen molar-refractivity contribution in [3.63, 3.8) is 0 Å². The van der Waals surface area contributed by atoms with E-state index in [0.29, 0.717) is 32.5 Å². The van der Waals surface area contributed by atoms with E-state index < -0.39 is 0 Å². The number of halogens is 2. The molecule has 3 aromatic rings. The van der Waals surface area contributed by atoms with Crippen LogP contribution in [0.5, 0.6) is 0 Å². The highest BCUT2D eigenvalue weighted by atomic mass is 35.5. The van der Waals surface area contributed by atoms with Gasteiger partial charge in [0.05, 0.1) is 16.6 Å². The number of aromatic nitrogens is 2. The maximum absolute atomic E-state index is 12.6. The number of fused-ring (bicyclic) bond motifs is 1. The van der Waals surface area contributed by atoms with Crippen LogP contribution in [0, 0.1) is 6.92 Å². The number of nitrogens with zero attached hydrogens (tertiary/aromatic N) is 2. The molecule has 1 heterocycles. The average Bonchev–Trinajstić information content (AvgIpc) is 2.38. The molecule has 0 radical (unpaired) electrons. The van der Waals surface area contributed by atoms with Crippen LogP contribution >= 0.6 is 23.2 Å². The molecule has 0 atom stereocenters. The molecule has 2 aromatic carbocycles. The van der Waals surface area contributed by atoms with Gasteiger partial charge in [-0.15, -0.1) is 0 Å². The van der Waals surface area contributed by atoms with Gasteiger partial charge < -0.3 is 0 Å². The van der Waals surface area contributed by atoms with E-state index in [-0.39, 0.29) is 5.56 Å². The Bertz CT molecular complexity index is 871. The highest BCUT2D eigenvalue weighted by Crippen LogP contribution is 2.18. The van der Waals surface area contributed by atoms with Crippen LogP contribution < -0.4 is 5.56 Å². The smallest absolute Gasteiger partial charge is 0.265 e. The van der Waals surface area contributed by atoms with Crippen LogP contribution in [0.15, 0.2) is 47.3 Å². The SMILES string of the molecule is Cc1nc2cc(Cl)ccc2c(=O)n1-c1cccc(Cl)c1.